The highest BCUT2D eigenvalue weighted by molar-refractivity contribution is 5.75. The van der Waals surface area contributed by atoms with Crippen LogP contribution in [0.15, 0.2) is 34.1 Å². The van der Waals surface area contributed by atoms with Crippen LogP contribution in [0.1, 0.15) is 63.8 Å². The van der Waals surface area contributed by atoms with Gasteiger partial charge in [0.05, 0.1) is 24.5 Å². The van der Waals surface area contributed by atoms with Crippen molar-refractivity contribution in [2.24, 2.45) is 23.2 Å². The molecule has 7 nitrogen and oxygen atoms in total. The van der Waals surface area contributed by atoms with E-state index in [4.69, 9.17) is 8.83 Å². The third-order valence-corrected chi connectivity index (χ3v) is 7.74. The summed E-state index contributed by atoms with van der Waals surface area (Å²) in [5.74, 6) is 2.54. The number of urea groups is 1. The molecule has 0 saturated heterocycles. The monoisotopic (exact) mass is 398 g/mol. The molecule has 2 aromatic rings. The molecule has 2 heterocycles. The lowest BCUT2D eigenvalue weighted by Crippen LogP contribution is -2.64. The predicted octanol–water partition coefficient (Wildman–Crippen LogP) is 4.37. The van der Waals surface area contributed by atoms with Crippen LogP contribution < -0.4 is 5.32 Å². The highest BCUT2D eigenvalue weighted by atomic mass is 16.3. The van der Waals surface area contributed by atoms with Crippen molar-refractivity contribution >= 4 is 6.03 Å². The van der Waals surface area contributed by atoms with E-state index >= 15 is 0 Å². The fourth-order valence-electron chi connectivity index (χ4n) is 6.58. The van der Waals surface area contributed by atoms with Gasteiger partial charge >= 0.3 is 6.03 Å². The van der Waals surface area contributed by atoms with Crippen LogP contribution in [-0.4, -0.2) is 26.4 Å². The van der Waals surface area contributed by atoms with Crippen molar-refractivity contribution in [3.63, 3.8) is 0 Å². The van der Waals surface area contributed by atoms with Gasteiger partial charge in [0, 0.05) is 5.54 Å². The van der Waals surface area contributed by atoms with E-state index < -0.39 is 0 Å². The van der Waals surface area contributed by atoms with Gasteiger partial charge in [-0.1, -0.05) is 0 Å². The lowest BCUT2D eigenvalue weighted by atomic mass is 9.45. The molecule has 0 radical (unpaired) electrons. The maximum Gasteiger partial charge on any atom is 0.318 e. The van der Waals surface area contributed by atoms with Crippen LogP contribution in [0.25, 0.3) is 0 Å². The molecule has 4 aliphatic rings. The summed E-state index contributed by atoms with van der Waals surface area (Å²) < 4.78 is 10.2. The van der Waals surface area contributed by atoms with Gasteiger partial charge in [-0.2, -0.15) is 0 Å². The third kappa shape index (κ3) is 3.45. The molecular weight excluding hydrogens is 368 g/mol. The van der Waals surface area contributed by atoms with Gasteiger partial charge in [-0.15, -0.1) is 0 Å². The van der Waals surface area contributed by atoms with Gasteiger partial charge in [-0.3, -0.25) is 0 Å². The van der Waals surface area contributed by atoms with Crippen molar-refractivity contribution in [2.45, 2.75) is 71.0 Å². The number of aromatic nitrogens is 2. The second kappa shape index (κ2) is 6.89. The molecule has 0 unspecified atom stereocenters. The lowest BCUT2D eigenvalue weighted by Gasteiger charge is -2.62. The summed E-state index contributed by atoms with van der Waals surface area (Å²) in [6, 6.07) is -0.0863. The van der Waals surface area contributed by atoms with Gasteiger partial charge < -0.3 is 19.1 Å². The van der Waals surface area contributed by atoms with E-state index in [-0.39, 0.29) is 17.0 Å². The summed E-state index contributed by atoms with van der Waals surface area (Å²) in [5.41, 5.74) is 1.39. The molecule has 0 aromatic carbocycles. The molecule has 0 atom stereocenters. The first-order chi connectivity index (χ1) is 13.9. The van der Waals surface area contributed by atoms with Gasteiger partial charge in [-0.05, 0) is 75.5 Å². The van der Waals surface area contributed by atoms with Crippen molar-refractivity contribution in [1.82, 2.24) is 20.2 Å². The van der Waals surface area contributed by atoms with Crippen molar-refractivity contribution in [2.75, 3.05) is 0 Å². The fourth-order valence-corrected chi connectivity index (χ4v) is 6.58. The Labute approximate surface area is 171 Å². The molecule has 7 heteroatoms. The largest absolute Gasteiger partial charge is 0.451 e. The van der Waals surface area contributed by atoms with Crippen molar-refractivity contribution in [1.29, 1.82) is 0 Å². The molecule has 0 spiro atoms. The standard InChI is InChI=1S/C22H30N4O3/c1-21(2,22-6-15-3-16(7-22)5-17(4-15)8-22)25-20(27)26(9-18-11-28-13-23-18)10-19-12-29-14-24-19/h11-17H,3-10H2,1-2H3,(H,25,27). The molecule has 29 heavy (non-hydrogen) atoms. The number of oxazole rings is 2. The maximum absolute atomic E-state index is 13.4. The zero-order valence-corrected chi connectivity index (χ0v) is 17.3. The second-order valence-electron chi connectivity index (χ2n) is 10.1. The molecule has 0 aliphatic heterocycles. The number of carbonyl (C=O) groups is 1. The highest BCUT2D eigenvalue weighted by Crippen LogP contribution is 2.63. The molecule has 1 N–H and O–H groups in total. The van der Waals surface area contributed by atoms with Crippen LogP contribution in [-0.2, 0) is 13.1 Å². The zero-order valence-electron chi connectivity index (χ0n) is 17.3. The van der Waals surface area contributed by atoms with Gasteiger partial charge in [0.1, 0.15) is 12.5 Å². The van der Waals surface area contributed by atoms with Crippen molar-refractivity contribution in [3.8, 4) is 0 Å². The summed E-state index contributed by atoms with van der Waals surface area (Å²) in [5, 5.41) is 3.41. The average molecular weight is 399 g/mol. The number of hydrogen-bond acceptors (Lipinski definition) is 5. The normalized spacial score (nSPS) is 30.5. The van der Waals surface area contributed by atoms with Crippen molar-refractivity contribution < 1.29 is 13.6 Å². The number of carbonyl (C=O) groups excluding carboxylic acids is 1. The molecule has 156 valence electrons. The molecule has 4 aliphatic carbocycles. The van der Waals surface area contributed by atoms with Crippen LogP contribution in [0, 0.1) is 23.2 Å². The van der Waals surface area contributed by atoms with Crippen LogP contribution in [0.4, 0.5) is 4.79 Å². The van der Waals surface area contributed by atoms with E-state index in [1.165, 1.54) is 51.3 Å². The number of nitrogens with one attached hydrogen (secondary N) is 1. The van der Waals surface area contributed by atoms with Crippen molar-refractivity contribution in [3.05, 3.63) is 36.7 Å². The zero-order chi connectivity index (χ0) is 20.1. The summed E-state index contributed by atoms with van der Waals surface area (Å²) in [4.78, 5) is 23.5. The summed E-state index contributed by atoms with van der Waals surface area (Å²) in [7, 11) is 0. The second-order valence-corrected chi connectivity index (χ2v) is 10.1. The number of nitrogens with zero attached hydrogens (tertiary/aromatic N) is 3. The first-order valence-corrected chi connectivity index (χ1v) is 10.7. The average Bonchev–Trinajstić information content (AvgIpc) is 3.33. The maximum atomic E-state index is 13.4. The third-order valence-electron chi connectivity index (χ3n) is 7.74. The van der Waals surface area contributed by atoms with Gasteiger partial charge in [0.15, 0.2) is 12.8 Å². The molecule has 2 aromatic heterocycles. The van der Waals surface area contributed by atoms with Crippen LogP contribution in [0.3, 0.4) is 0 Å². The minimum Gasteiger partial charge on any atom is -0.451 e. The van der Waals surface area contributed by atoms with E-state index in [0.29, 0.717) is 13.1 Å². The molecule has 6 rings (SSSR count). The van der Waals surface area contributed by atoms with E-state index in [2.05, 4.69) is 29.1 Å². The first-order valence-electron chi connectivity index (χ1n) is 10.7. The van der Waals surface area contributed by atoms with Crippen LogP contribution in [0.2, 0.25) is 0 Å². The fraction of sp³-hybridized carbons (Fsp3) is 0.682. The van der Waals surface area contributed by atoms with Crippen LogP contribution in [0.5, 0.6) is 0 Å². The Morgan fingerprint density at radius 2 is 1.52 bits per heavy atom. The highest BCUT2D eigenvalue weighted by Gasteiger charge is 2.57. The summed E-state index contributed by atoms with van der Waals surface area (Å²) >= 11 is 0. The summed E-state index contributed by atoms with van der Waals surface area (Å²) in [6.45, 7) is 5.18. The number of hydrogen-bond donors (Lipinski definition) is 1. The number of amides is 2. The minimum atomic E-state index is -0.258. The van der Waals surface area contributed by atoms with Gasteiger partial charge in [-0.25, -0.2) is 14.8 Å². The Balaban J connectivity index is 1.34. The smallest absolute Gasteiger partial charge is 0.318 e. The Morgan fingerprint density at radius 3 is 1.93 bits per heavy atom. The Hall–Kier alpha value is -2.31. The predicted molar refractivity (Wildman–Crippen MR) is 105 cm³/mol. The quantitative estimate of drug-likeness (QED) is 0.781. The molecule has 2 amide bonds. The summed E-state index contributed by atoms with van der Waals surface area (Å²) in [6.07, 6.45) is 13.9. The van der Waals surface area contributed by atoms with E-state index in [1.54, 1.807) is 17.4 Å². The Kier molecular flexibility index (Phi) is 4.44. The minimum absolute atomic E-state index is 0.0863. The van der Waals surface area contributed by atoms with E-state index in [9.17, 15) is 4.79 Å². The molecule has 4 saturated carbocycles. The van der Waals surface area contributed by atoms with E-state index in [0.717, 1.165) is 29.1 Å². The van der Waals surface area contributed by atoms with Gasteiger partial charge in [0.2, 0.25) is 0 Å². The molecular formula is C22H30N4O3. The Morgan fingerprint density at radius 1 is 1.03 bits per heavy atom. The van der Waals surface area contributed by atoms with Gasteiger partial charge in [0.25, 0.3) is 0 Å². The first kappa shape index (κ1) is 18.7. The molecule has 4 fully saturated rings. The SMILES string of the molecule is CC(C)(NC(=O)N(Cc1cocn1)Cc1cocn1)C12CC3CC(CC(C3)C1)C2. The Bertz CT molecular complexity index is 772. The number of rotatable bonds is 6. The lowest BCUT2D eigenvalue weighted by molar-refractivity contribution is -0.0958. The molecule has 4 bridgehead atoms. The topological polar surface area (TPSA) is 84.4 Å². The van der Waals surface area contributed by atoms with Crippen LogP contribution >= 0.6 is 0 Å². The van der Waals surface area contributed by atoms with E-state index in [1.807, 2.05) is 0 Å².